The van der Waals surface area contributed by atoms with Crippen molar-refractivity contribution in [3.05, 3.63) is 125 Å². The van der Waals surface area contributed by atoms with Crippen LogP contribution in [0.5, 0.6) is 0 Å². The summed E-state index contributed by atoms with van der Waals surface area (Å²) in [6.07, 6.45) is 4.59. The number of hydrogen-bond donors (Lipinski definition) is 3. The van der Waals surface area contributed by atoms with Gasteiger partial charge in [-0.05, 0) is 76.1 Å². The summed E-state index contributed by atoms with van der Waals surface area (Å²) in [7, 11) is -4.18. The summed E-state index contributed by atoms with van der Waals surface area (Å²) in [6, 6.07) is 28.3. The molecule has 0 spiro atoms. The van der Waals surface area contributed by atoms with Crippen LogP contribution in [-0.4, -0.2) is 42.1 Å². The van der Waals surface area contributed by atoms with E-state index in [-0.39, 0.29) is 17.9 Å². The molecular formula is C38H39N3O6S. The summed E-state index contributed by atoms with van der Waals surface area (Å²) in [5.41, 5.74) is 7.23. The lowest BCUT2D eigenvalue weighted by Crippen LogP contribution is -2.28. The van der Waals surface area contributed by atoms with Crippen LogP contribution < -0.4 is 10.6 Å². The first-order valence-corrected chi connectivity index (χ1v) is 17.2. The monoisotopic (exact) mass is 665 g/mol. The van der Waals surface area contributed by atoms with E-state index >= 15 is 0 Å². The van der Waals surface area contributed by atoms with E-state index in [0.29, 0.717) is 23.6 Å². The largest absolute Gasteiger partial charge is 0.441 e. The molecule has 1 unspecified atom stereocenters. The summed E-state index contributed by atoms with van der Waals surface area (Å²) in [4.78, 5) is 30.7. The van der Waals surface area contributed by atoms with Crippen LogP contribution in [0.15, 0.2) is 101 Å². The van der Waals surface area contributed by atoms with E-state index in [4.69, 9.17) is 8.97 Å². The Morgan fingerprint density at radius 1 is 0.917 bits per heavy atom. The fourth-order valence-corrected chi connectivity index (χ4v) is 5.53. The van der Waals surface area contributed by atoms with Crippen molar-refractivity contribution in [3.8, 4) is 11.1 Å². The predicted molar refractivity (Wildman–Crippen MR) is 189 cm³/mol. The highest BCUT2D eigenvalue weighted by Crippen LogP contribution is 2.28. The van der Waals surface area contributed by atoms with E-state index in [1.54, 1.807) is 24.3 Å². The number of benzene rings is 4. The molecule has 248 valence electrons. The van der Waals surface area contributed by atoms with E-state index in [0.717, 1.165) is 38.9 Å². The van der Waals surface area contributed by atoms with Crippen LogP contribution in [-0.2, 0) is 21.3 Å². The molecule has 0 aliphatic rings. The molecule has 1 heterocycles. The fraction of sp³-hybridized carbons (Fsp3) is 0.237. The van der Waals surface area contributed by atoms with Crippen LogP contribution in [0.1, 0.15) is 59.6 Å². The third kappa shape index (κ3) is 9.49. The Balaban J connectivity index is 1.33. The van der Waals surface area contributed by atoms with Gasteiger partial charge in [0.1, 0.15) is 5.52 Å². The Morgan fingerprint density at radius 3 is 2.23 bits per heavy atom. The number of rotatable bonds is 11. The maximum Gasteiger partial charge on any atom is 0.266 e. The van der Waals surface area contributed by atoms with Gasteiger partial charge in [-0.2, -0.15) is 8.42 Å². The van der Waals surface area contributed by atoms with Crippen LogP contribution >= 0.6 is 0 Å². The van der Waals surface area contributed by atoms with Crippen LogP contribution in [0.3, 0.4) is 0 Å². The second kappa shape index (κ2) is 14.4. The van der Waals surface area contributed by atoms with Crippen LogP contribution in [0.25, 0.3) is 28.3 Å². The van der Waals surface area contributed by atoms with Gasteiger partial charge in [0.2, 0.25) is 5.91 Å². The Hall–Kier alpha value is -5.06. The Morgan fingerprint density at radius 2 is 1.58 bits per heavy atom. The molecule has 4 aromatic carbocycles. The number of hydrogen-bond acceptors (Lipinski definition) is 6. The van der Waals surface area contributed by atoms with Crippen molar-refractivity contribution in [2.45, 2.75) is 40.0 Å². The smallest absolute Gasteiger partial charge is 0.266 e. The normalized spacial score (nSPS) is 12.7. The number of nitrogens with zero attached hydrogens (tertiary/aromatic N) is 1. The number of aromatic nitrogens is 1. The van der Waals surface area contributed by atoms with Crippen molar-refractivity contribution in [1.82, 2.24) is 10.3 Å². The highest BCUT2D eigenvalue weighted by atomic mass is 32.2. The lowest BCUT2D eigenvalue weighted by atomic mass is 9.89. The molecule has 48 heavy (non-hydrogen) atoms. The molecule has 3 N–H and O–H groups in total. The topological polar surface area (TPSA) is 139 Å². The molecule has 9 nitrogen and oxygen atoms in total. The zero-order chi connectivity index (χ0) is 34.5. The average Bonchev–Trinajstić information content (AvgIpc) is 3.42. The van der Waals surface area contributed by atoms with Crippen LogP contribution in [0.2, 0.25) is 0 Å². The lowest BCUT2D eigenvalue weighted by molar-refractivity contribution is -0.117. The maximum absolute atomic E-state index is 13.9. The highest BCUT2D eigenvalue weighted by molar-refractivity contribution is 7.85. The van der Waals surface area contributed by atoms with Crippen molar-refractivity contribution >= 4 is 44.8 Å². The molecule has 0 radical (unpaired) electrons. The van der Waals surface area contributed by atoms with Gasteiger partial charge in [-0.3, -0.25) is 14.1 Å². The number of allylic oxidation sites excluding steroid dienone is 1. The van der Waals surface area contributed by atoms with E-state index in [9.17, 15) is 18.0 Å². The van der Waals surface area contributed by atoms with Crippen molar-refractivity contribution in [1.29, 1.82) is 0 Å². The molecule has 2 amide bonds. The van der Waals surface area contributed by atoms with Gasteiger partial charge < -0.3 is 15.1 Å². The molecule has 1 aromatic heterocycles. The zero-order valence-electron chi connectivity index (χ0n) is 27.4. The first-order valence-electron chi connectivity index (χ1n) is 15.6. The van der Waals surface area contributed by atoms with Crippen molar-refractivity contribution in [2.75, 3.05) is 17.6 Å². The minimum Gasteiger partial charge on any atom is -0.441 e. The molecule has 5 aromatic rings. The van der Waals surface area contributed by atoms with Crippen molar-refractivity contribution in [3.63, 3.8) is 0 Å². The molecule has 0 saturated carbocycles. The van der Waals surface area contributed by atoms with Crippen molar-refractivity contribution in [2.24, 2.45) is 5.41 Å². The van der Waals surface area contributed by atoms with E-state index in [2.05, 4.69) is 48.5 Å². The Labute approximate surface area is 280 Å². The minimum absolute atomic E-state index is 0.0397. The Bertz CT molecular complexity index is 2040. The molecule has 0 aliphatic carbocycles. The first kappa shape index (κ1) is 34.3. The molecule has 0 bridgehead atoms. The molecule has 0 saturated heterocycles. The van der Waals surface area contributed by atoms with Gasteiger partial charge in [-0.1, -0.05) is 87.5 Å². The van der Waals surface area contributed by atoms with E-state index < -0.39 is 27.7 Å². The number of fused-ring (bicyclic) bond motifs is 1. The predicted octanol–water partition coefficient (Wildman–Crippen LogP) is 7.45. The summed E-state index contributed by atoms with van der Waals surface area (Å²) in [6.45, 7) is 8.01. The number of anilines is 1. The molecule has 0 aliphatic heterocycles. The van der Waals surface area contributed by atoms with Gasteiger partial charge in [-0.15, -0.1) is 0 Å². The second-order valence-electron chi connectivity index (χ2n) is 12.8. The zero-order valence-corrected chi connectivity index (χ0v) is 28.2. The molecule has 1 atom stereocenters. The van der Waals surface area contributed by atoms with Gasteiger partial charge in [0.25, 0.3) is 16.0 Å². The third-order valence-corrected chi connectivity index (χ3v) is 8.43. The van der Waals surface area contributed by atoms with Gasteiger partial charge >= 0.3 is 0 Å². The number of carbonyl (C=O) groups is 2. The summed E-state index contributed by atoms with van der Waals surface area (Å²) < 4.78 is 36.5. The SMILES string of the molecule is Cc1nc2ccc(-c3ccc(NC(=O)C(Cc4ccc(C(=O)NCCS(=O)(=O)O)cc4)c4ccc(/C=C/C(C)(C)C)cc4)cc3)cc2o1. The first-order chi connectivity index (χ1) is 22.7. The number of amides is 2. The lowest BCUT2D eigenvalue weighted by Gasteiger charge is -2.19. The van der Waals surface area contributed by atoms with Gasteiger partial charge in [0.15, 0.2) is 11.5 Å². The maximum atomic E-state index is 13.9. The van der Waals surface area contributed by atoms with Crippen molar-refractivity contribution < 1.29 is 27.0 Å². The number of aryl methyl sites for hydroxylation is 1. The molecular weight excluding hydrogens is 627 g/mol. The molecule has 10 heteroatoms. The minimum atomic E-state index is -4.18. The van der Waals surface area contributed by atoms with Crippen LogP contribution in [0.4, 0.5) is 5.69 Å². The second-order valence-corrected chi connectivity index (χ2v) is 14.4. The van der Waals surface area contributed by atoms with Gasteiger partial charge in [0.05, 0.1) is 11.7 Å². The number of carbonyl (C=O) groups excluding carboxylic acids is 2. The van der Waals surface area contributed by atoms with E-state index in [1.165, 1.54) is 0 Å². The van der Waals surface area contributed by atoms with E-state index in [1.807, 2.05) is 73.7 Å². The van der Waals surface area contributed by atoms with Gasteiger partial charge in [0, 0.05) is 24.7 Å². The van der Waals surface area contributed by atoms with Gasteiger partial charge in [-0.25, -0.2) is 4.98 Å². The fourth-order valence-electron chi connectivity index (χ4n) is 5.17. The number of oxazole rings is 1. The standard InChI is InChI=1S/C38H39N3O6S/c1-25-40-34-18-15-31(24-35(34)47-25)28-13-16-32(17-14-28)41-37(43)33(29-9-5-26(6-10-29)19-20-38(2,3)4)23-27-7-11-30(12-8-27)36(42)39-21-22-48(44,45)46/h5-20,24,33H,21-23H2,1-4H3,(H,39,42)(H,41,43)(H,44,45,46)/b20-19+. The number of nitrogens with one attached hydrogen (secondary N) is 2. The average molecular weight is 666 g/mol. The van der Waals surface area contributed by atoms with Crippen LogP contribution in [0, 0.1) is 12.3 Å². The quantitative estimate of drug-likeness (QED) is 0.125. The molecule has 5 rings (SSSR count). The Kier molecular flexibility index (Phi) is 10.3. The summed E-state index contributed by atoms with van der Waals surface area (Å²) in [5.74, 6) is -1.12. The summed E-state index contributed by atoms with van der Waals surface area (Å²) >= 11 is 0. The third-order valence-electron chi connectivity index (χ3n) is 7.71. The highest BCUT2D eigenvalue weighted by Gasteiger charge is 2.22. The molecule has 0 fully saturated rings. The summed E-state index contributed by atoms with van der Waals surface area (Å²) in [5, 5.41) is 5.56.